The first-order valence-electron chi connectivity index (χ1n) is 11.6. The van der Waals surface area contributed by atoms with Crippen LogP contribution in [-0.2, 0) is 19.4 Å². The van der Waals surface area contributed by atoms with Crippen LogP contribution in [0.5, 0.6) is 5.75 Å². The molecule has 0 aliphatic heterocycles. The van der Waals surface area contributed by atoms with Crippen molar-refractivity contribution in [2.24, 2.45) is 5.92 Å². The highest BCUT2D eigenvalue weighted by atomic mass is 16.5. The van der Waals surface area contributed by atoms with Crippen molar-refractivity contribution in [1.82, 2.24) is 14.5 Å². The van der Waals surface area contributed by atoms with Crippen LogP contribution in [0.3, 0.4) is 0 Å². The third kappa shape index (κ3) is 4.92. The first-order chi connectivity index (χ1) is 15.1. The van der Waals surface area contributed by atoms with E-state index in [0.29, 0.717) is 6.61 Å². The number of benzene rings is 2. The summed E-state index contributed by atoms with van der Waals surface area (Å²) >= 11 is 0. The van der Waals surface area contributed by atoms with Gasteiger partial charge in [0.25, 0.3) is 5.91 Å². The fraction of sp³-hybridized carbons (Fsp3) is 0.462. The van der Waals surface area contributed by atoms with Crippen molar-refractivity contribution in [3.8, 4) is 5.75 Å². The number of aromatic nitrogens is 2. The molecule has 5 heteroatoms. The van der Waals surface area contributed by atoms with Gasteiger partial charge in [0, 0.05) is 31.6 Å². The van der Waals surface area contributed by atoms with Gasteiger partial charge in [0.05, 0.1) is 17.6 Å². The predicted octanol–water partition coefficient (Wildman–Crippen LogP) is 5.11. The van der Waals surface area contributed by atoms with E-state index < -0.39 is 0 Å². The summed E-state index contributed by atoms with van der Waals surface area (Å²) in [6.07, 6.45) is 4.42. The third-order valence-corrected chi connectivity index (χ3v) is 6.13. The molecule has 1 amide bonds. The van der Waals surface area contributed by atoms with Crippen molar-refractivity contribution >= 4 is 16.9 Å². The Hall–Kier alpha value is -2.82. The Balaban J connectivity index is 1.58. The second-order valence-electron chi connectivity index (χ2n) is 8.34. The highest BCUT2D eigenvalue weighted by molar-refractivity contribution is 5.97. The maximum Gasteiger partial charge on any atom is 0.253 e. The molecule has 0 unspecified atom stereocenters. The van der Waals surface area contributed by atoms with E-state index in [1.54, 1.807) is 0 Å². The topological polar surface area (TPSA) is 47.4 Å². The molecule has 1 aliphatic rings. The smallest absolute Gasteiger partial charge is 0.253 e. The van der Waals surface area contributed by atoms with Crippen molar-refractivity contribution in [2.45, 2.75) is 53.0 Å². The summed E-state index contributed by atoms with van der Waals surface area (Å²) in [6.45, 7) is 9.18. The van der Waals surface area contributed by atoms with Crippen LogP contribution in [0.15, 0.2) is 42.5 Å². The summed E-state index contributed by atoms with van der Waals surface area (Å²) in [6, 6.07) is 14.4. The number of imidazole rings is 1. The summed E-state index contributed by atoms with van der Waals surface area (Å²) in [7, 11) is 0. The molecule has 0 radical (unpaired) electrons. The van der Waals surface area contributed by atoms with Gasteiger partial charge in [-0.3, -0.25) is 4.79 Å². The van der Waals surface area contributed by atoms with E-state index in [1.165, 1.54) is 18.4 Å². The second-order valence-corrected chi connectivity index (χ2v) is 8.34. The Bertz CT molecular complexity index is 1030. The number of amides is 1. The number of carbonyl (C=O) groups is 1. The molecule has 164 valence electrons. The van der Waals surface area contributed by atoms with Crippen LogP contribution in [0.1, 0.15) is 55.4 Å². The molecular formula is C26H33N3O2. The Morgan fingerprint density at radius 2 is 1.81 bits per heavy atom. The van der Waals surface area contributed by atoms with Gasteiger partial charge in [0.2, 0.25) is 0 Å². The highest BCUT2D eigenvalue weighted by Gasteiger charge is 2.24. The Morgan fingerprint density at radius 3 is 2.45 bits per heavy atom. The molecule has 1 fully saturated rings. The van der Waals surface area contributed by atoms with Gasteiger partial charge >= 0.3 is 0 Å². The number of aryl methyl sites for hydroxylation is 2. The molecule has 3 aromatic rings. The van der Waals surface area contributed by atoms with Crippen LogP contribution >= 0.6 is 0 Å². The zero-order chi connectivity index (χ0) is 21.8. The van der Waals surface area contributed by atoms with Gasteiger partial charge in [0.1, 0.15) is 11.6 Å². The fourth-order valence-corrected chi connectivity index (χ4v) is 4.13. The van der Waals surface area contributed by atoms with Crippen LogP contribution < -0.4 is 4.74 Å². The first kappa shape index (κ1) is 21.4. The standard InChI is InChI=1S/C26H33N3O2/c1-4-28(5-2)26(30)21-12-15-24-23(17-21)27-25(29(24)18-20-7-8-20)16-11-19-9-13-22(14-10-19)31-6-3/h9-10,12-15,17,20H,4-8,11,16,18H2,1-3H3. The van der Waals surface area contributed by atoms with E-state index in [-0.39, 0.29) is 5.91 Å². The van der Waals surface area contributed by atoms with Crippen LogP contribution in [0.4, 0.5) is 0 Å². The van der Waals surface area contributed by atoms with Crippen molar-refractivity contribution in [3.63, 3.8) is 0 Å². The predicted molar refractivity (Wildman–Crippen MR) is 125 cm³/mol. The molecule has 0 spiro atoms. The van der Waals surface area contributed by atoms with Crippen molar-refractivity contribution in [2.75, 3.05) is 19.7 Å². The minimum Gasteiger partial charge on any atom is -0.494 e. The maximum atomic E-state index is 12.8. The van der Waals surface area contributed by atoms with Gasteiger partial charge in [-0.15, -0.1) is 0 Å². The molecule has 0 bridgehead atoms. The summed E-state index contributed by atoms with van der Waals surface area (Å²) in [5, 5.41) is 0. The molecule has 4 rings (SSSR count). The third-order valence-electron chi connectivity index (χ3n) is 6.13. The summed E-state index contributed by atoms with van der Waals surface area (Å²) in [4.78, 5) is 19.6. The lowest BCUT2D eigenvalue weighted by Gasteiger charge is -2.18. The number of hydrogen-bond acceptors (Lipinski definition) is 3. The molecule has 1 aromatic heterocycles. The van der Waals surface area contributed by atoms with Gasteiger partial charge < -0.3 is 14.2 Å². The van der Waals surface area contributed by atoms with Gasteiger partial charge in [-0.25, -0.2) is 4.98 Å². The largest absolute Gasteiger partial charge is 0.494 e. The quantitative estimate of drug-likeness (QED) is 0.459. The molecular weight excluding hydrogens is 386 g/mol. The normalized spacial score (nSPS) is 13.5. The lowest BCUT2D eigenvalue weighted by atomic mass is 10.1. The van der Waals surface area contributed by atoms with Gasteiger partial charge in [-0.1, -0.05) is 12.1 Å². The molecule has 0 atom stereocenters. The number of hydrogen-bond donors (Lipinski definition) is 0. The van der Waals surface area contributed by atoms with E-state index in [9.17, 15) is 4.79 Å². The Kier molecular flexibility index (Phi) is 6.59. The Morgan fingerprint density at radius 1 is 1.06 bits per heavy atom. The lowest BCUT2D eigenvalue weighted by Crippen LogP contribution is -2.30. The monoisotopic (exact) mass is 419 g/mol. The Labute approximate surface area is 185 Å². The van der Waals surface area contributed by atoms with Crippen LogP contribution in [0.25, 0.3) is 11.0 Å². The molecule has 2 aromatic carbocycles. The summed E-state index contributed by atoms with van der Waals surface area (Å²) in [5.41, 5.74) is 4.08. The average Bonchev–Trinajstić information content (AvgIpc) is 3.55. The minimum absolute atomic E-state index is 0.0829. The van der Waals surface area contributed by atoms with Crippen LogP contribution in [0.2, 0.25) is 0 Å². The van der Waals surface area contributed by atoms with Crippen LogP contribution in [-0.4, -0.2) is 40.1 Å². The van der Waals surface area contributed by atoms with E-state index in [0.717, 1.165) is 66.6 Å². The van der Waals surface area contributed by atoms with E-state index in [1.807, 2.05) is 49.9 Å². The summed E-state index contributed by atoms with van der Waals surface area (Å²) in [5.74, 6) is 2.87. The molecule has 1 heterocycles. The lowest BCUT2D eigenvalue weighted by molar-refractivity contribution is 0.0773. The van der Waals surface area contributed by atoms with Gasteiger partial charge in [-0.05, 0) is 81.8 Å². The highest BCUT2D eigenvalue weighted by Crippen LogP contribution is 2.33. The molecule has 5 nitrogen and oxygen atoms in total. The zero-order valence-electron chi connectivity index (χ0n) is 18.9. The van der Waals surface area contributed by atoms with E-state index >= 15 is 0 Å². The number of nitrogens with zero attached hydrogens (tertiary/aromatic N) is 3. The van der Waals surface area contributed by atoms with E-state index in [2.05, 4.69) is 22.8 Å². The van der Waals surface area contributed by atoms with Gasteiger partial charge in [-0.2, -0.15) is 0 Å². The number of carbonyl (C=O) groups excluding carboxylic acids is 1. The zero-order valence-corrected chi connectivity index (χ0v) is 18.9. The maximum absolute atomic E-state index is 12.8. The van der Waals surface area contributed by atoms with Gasteiger partial charge in [0.15, 0.2) is 0 Å². The second kappa shape index (κ2) is 9.54. The molecule has 1 saturated carbocycles. The first-order valence-corrected chi connectivity index (χ1v) is 11.6. The average molecular weight is 420 g/mol. The van der Waals surface area contributed by atoms with E-state index in [4.69, 9.17) is 9.72 Å². The molecule has 31 heavy (non-hydrogen) atoms. The number of rotatable bonds is 10. The molecule has 0 N–H and O–H groups in total. The summed E-state index contributed by atoms with van der Waals surface area (Å²) < 4.78 is 7.93. The van der Waals surface area contributed by atoms with Crippen molar-refractivity contribution in [1.29, 1.82) is 0 Å². The van der Waals surface area contributed by atoms with Crippen LogP contribution in [0, 0.1) is 5.92 Å². The van der Waals surface area contributed by atoms with Crippen molar-refractivity contribution in [3.05, 3.63) is 59.4 Å². The number of fused-ring (bicyclic) bond motifs is 1. The fourth-order valence-electron chi connectivity index (χ4n) is 4.13. The molecule has 1 aliphatic carbocycles. The number of ether oxygens (including phenoxy) is 1. The minimum atomic E-state index is 0.0829. The molecule has 0 saturated heterocycles. The SMILES string of the molecule is CCOc1ccc(CCc2nc3cc(C(=O)N(CC)CC)ccc3n2CC2CC2)cc1. The van der Waals surface area contributed by atoms with Crippen molar-refractivity contribution < 1.29 is 9.53 Å².